The quantitative estimate of drug-likeness (QED) is 0.601. The third-order valence-electron chi connectivity index (χ3n) is 3.62. The van der Waals surface area contributed by atoms with Gasteiger partial charge in [0.2, 0.25) is 0 Å². The van der Waals surface area contributed by atoms with Gasteiger partial charge in [-0.2, -0.15) is 0 Å². The largest absolute Gasteiger partial charge is 0.330 e. The minimum absolute atomic E-state index is 0.838. The molecule has 0 spiro atoms. The van der Waals surface area contributed by atoms with Crippen LogP contribution in [0.1, 0.15) is 19.3 Å². The fourth-order valence-electron chi connectivity index (χ4n) is 2.65. The van der Waals surface area contributed by atoms with E-state index < -0.39 is 0 Å². The molecule has 3 atom stereocenters. The van der Waals surface area contributed by atoms with Crippen LogP contribution in [-0.2, 0) is 0 Å². The Bertz CT molecular complexity index is 142. The second kappa shape index (κ2) is 2.76. The van der Waals surface area contributed by atoms with Crippen molar-refractivity contribution in [3.05, 3.63) is 0 Å². The first-order chi connectivity index (χ1) is 5.33. The van der Waals surface area contributed by atoms with E-state index in [4.69, 9.17) is 5.73 Å². The molecule has 1 saturated carbocycles. The van der Waals surface area contributed by atoms with Crippen molar-refractivity contribution in [3.63, 3.8) is 0 Å². The highest BCUT2D eigenvalue weighted by Crippen LogP contribution is 2.41. The highest BCUT2D eigenvalue weighted by molar-refractivity contribution is 4.95. The highest BCUT2D eigenvalue weighted by Gasteiger charge is 2.41. The van der Waals surface area contributed by atoms with E-state index in [2.05, 4.69) is 11.9 Å². The SMILES string of the molecule is CN1CCC(CN)C2CCC21. The van der Waals surface area contributed by atoms with E-state index in [-0.39, 0.29) is 0 Å². The van der Waals surface area contributed by atoms with Crippen LogP contribution in [0, 0.1) is 11.8 Å². The fourth-order valence-corrected chi connectivity index (χ4v) is 2.65. The molecule has 0 amide bonds. The molecule has 2 nitrogen and oxygen atoms in total. The van der Waals surface area contributed by atoms with Gasteiger partial charge < -0.3 is 10.6 Å². The number of hydrogen-bond acceptors (Lipinski definition) is 2. The van der Waals surface area contributed by atoms with Crippen LogP contribution in [0.2, 0.25) is 0 Å². The van der Waals surface area contributed by atoms with E-state index >= 15 is 0 Å². The molecule has 0 aromatic carbocycles. The molecule has 2 fully saturated rings. The van der Waals surface area contributed by atoms with Crippen LogP contribution in [0.25, 0.3) is 0 Å². The Balaban J connectivity index is 1.99. The third kappa shape index (κ3) is 1.09. The number of hydrogen-bond donors (Lipinski definition) is 1. The van der Waals surface area contributed by atoms with Crippen molar-refractivity contribution >= 4 is 0 Å². The van der Waals surface area contributed by atoms with E-state index in [1.165, 1.54) is 25.8 Å². The molecule has 2 N–H and O–H groups in total. The molecule has 64 valence electrons. The summed E-state index contributed by atoms with van der Waals surface area (Å²) in [5, 5.41) is 0. The second-order valence-electron chi connectivity index (χ2n) is 4.07. The second-order valence-corrected chi connectivity index (χ2v) is 4.07. The standard InChI is InChI=1S/C9H18N2/c1-11-5-4-7(6-10)8-2-3-9(8)11/h7-9H,2-6,10H2,1H3. The minimum atomic E-state index is 0.838. The van der Waals surface area contributed by atoms with Gasteiger partial charge in [0.25, 0.3) is 0 Å². The zero-order valence-corrected chi connectivity index (χ0v) is 7.29. The number of rotatable bonds is 1. The van der Waals surface area contributed by atoms with Gasteiger partial charge in [-0.05, 0) is 51.2 Å². The number of piperidine rings is 1. The van der Waals surface area contributed by atoms with Gasteiger partial charge in [-0.3, -0.25) is 0 Å². The molecule has 1 saturated heterocycles. The Labute approximate surface area is 68.7 Å². The molecule has 1 aliphatic carbocycles. The molecule has 1 heterocycles. The first-order valence-corrected chi connectivity index (χ1v) is 4.73. The summed E-state index contributed by atoms with van der Waals surface area (Å²) < 4.78 is 0. The van der Waals surface area contributed by atoms with Crippen molar-refractivity contribution in [3.8, 4) is 0 Å². The van der Waals surface area contributed by atoms with Gasteiger partial charge in [0.1, 0.15) is 0 Å². The lowest BCUT2D eigenvalue weighted by Crippen LogP contribution is -2.54. The molecule has 2 aliphatic rings. The van der Waals surface area contributed by atoms with Crippen molar-refractivity contribution < 1.29 is 0 Å². The maximum atomic E-state index is 5.72. The Hall–Kier alpha value is -0.0800. The molecule has 11 heavy (non-hydrogen) atoms. The average molecular weight is 154 g/mol. The molecule has 0 aromatic heterocycles. The lowest BCUT2D eigenvalue weighted by atomic mass is 9.67. The molecule has 0 aromatic rings. The average Bonchev–Trinajstić information content (AvgIpc) is 1.93. The smallest absolute Gasteiger partial charge is 0.0124 e. The number of nitrogens with zero attached hydrogens (tertiary/aromatic N) is 1. The van der Waals surface area contributed by atoms with Crippen molar-refractivity contribution in [1.82, 2.24) is 4.90 Å². The van der Waals surface area contributed by atoms with Gasteiger partial charge in [-0.25, -0.2) is 0 Å². The molecule has 0 radical (unpaired) electrons. The Morgan fingerprint density at radius 2 is 2.18 bits per heavy atom. The van der Waals surface area contributed by atoms with E-state index in [0.29, 0.717) is 0 Å². The Morgan fingerprint density at radius 3 is 2.73 bits per heavy atom. The van der Waals surface area contributed by atoms with Crippen LogP contribution in [0.3, 0.4) is 0 Å². The molecular formula is C9H18N2. The van der Waals surface area contributed by atoms with Gasteiger partial charge in [-0.1, -0.05) is 0 Å². The van der Waals surface area contributed by atoms with Crippen LogP contribution < -0.4 is 5.73 Å². The summed E-state index contributed by atoms with van der Waals surface area (Å²) in [4.78, 5) is 2.51. The van der Waals surface area contributed by atoms with Gasteiger partial charge in [0.15, 0.2) is 0 Å². The monoisotopic (exact) mass is 154 g/mol. The number of likely N-dealkylation sites (tertiary alicyclic amines) is 1. The van der Waals surface area contributed by atoms with Crippen molar-refractivity contribution in [2.45, 2.75) is 25.3 Å². The molecule has 1 aliphatic heterocycles. The molecular weight excluding hydrogens is 136 g/mol. The van der Waals surface area contributed by atoms with E-state index in [0.717, 1.165) is 24.4 Å². The predicted molar refractivity (Wildman–Crippen MR) is 46.3 cm³/mol. The minimum Gasteiger partial charge on any atom is -0.330 e. The topological polar surface area (TPSA) is 29.3 Å². The Morgan fingerprint density at radius 1 is 1.36 bits per heavy atom. The van der Waals surface area contributed by atoms with Gasteiger partial charge in [0.05, 0.1) is 0 Å². The summed E-state index contributed by atoms with van der Waals surface area (Å²) in [6.07, 6.45) is 4.17. The summed E-state index contributed by atoms with van der Waals surface area (Å²) in [6, 6.07) is 0.886. The summed E-state index contributed by atoms with van der Waals surface area (Å²) in [5.74, 6) is 1.78. The zero-order valence-electron chi connectivity index (χ0n) is 7.29. The zero-order chi connectivity index (χ0) is 7.84. The summed E-state index contributed by atoms with van der Waals surface area (Å²) in [6.45, 7) is 2.18. The van der Waals surface area contributed by atoms with Crippen LogP contribution >= 0.6 is 0 Å². The van der Waals surface area contributed by atoms with Gasteiger partial charge >= 0.3 is 0 Å². The highest BCUT2D eigenvalue weighted by atomic mass is 15.2. The lowest BCUT2D eigenvalue weighted by Gasteiger charge is -2.51. The maximum absolute atomic E-state index is 5.72. The van der Waals surface area contributed by atoms with Crippen molar-refractivity contribution in [2.75, 3.05) is 20.1 Å². The molecule has 2 heteroatoms. The van der Waals surface area contributed by atoms with Crippen LogP contribution in [0.5, 0.6) is 0 Å². The van der Waals surface area contributed by atoms with Crippen molar-refractivity contribution in [1.29, 1.82) is 0 Å². The van der Waals surface area contributed by atoms with Crippen LogP contribution in [0.15, 0.2) is 0 Å². The number of nitrogens with two attached hydrogens (primary N) is 1. The first-order valence-electron chi connectivity index (χ1n) is 4.73. The van der Waals surface area contributed by atoms with Gasteiger partial charge in [-0.15, -0.1) is 0 Å². The van der Waals surface area contributed by atoms with Crippen LogP contribution in [0.4, 0.5) is 0 Å². The van der Waals surface area contributed by atoms with E-state index in [1.807, 2.05) is 0 Å². The summed E-state index contributed by atoms with van der Waals surface area (Å²) in [5.41, 5.74) is 5.72. The maximum Gasteiger partial charge on any atom is 0.0124 e. The Kier molecular flexibility index (Phi) is 1.90. The summed E-state index contributed by atoms with van der Waals surface area (Å²) >= 11 is 0. The number of fused-ring (bicyclic) bond motifs is 1. The van der Waals surface area contributed by atoms with Crippen LogP contribution in [-0.4, -0.2) is 31.1 Å². The fraction of sp³-hybridized carbons (Fsp3) is 1.00. The molecule has 3 unspecified atom stereocenters. The van der Waals surface area contributed by atoms with E-state index in [1.54, 1.807) is 0 Å². The van der Waals surface area contributed by atoms with Crippen molar-refractivity contribution in [2.24, 2.45) is 17.6 Å². The molecule has 2 rings (SSSR count). The molecule has 0 bridgehead atoms. The summed E-state index contributed by atoms with van der Waals surface area (Å²) in [7, 11) is 2.25. The van der Waals surface area contributed by atoms with Gasteiger partial charge in [0, 0.05) is 6.04 Å². The van der Waals surface area contributed by atoms with E-state index in [9.17, 15) is 0 Å². The first kappa shape index (κ1) is 7.56. The third-order valence-corrected chi connectivity index (χ3v) is 3.62. The normalized spacial score (nSPS) is 44.7. The predicted octanol–water partition coefficient (Wildman–Crippen LogP) is 0.675. The lowest BCUT2D eigenvalue weighted by molar-refractivity contribution is -0.00119.